The SMILES string of the molecule is CNC1CC(Cc2nnc(CO)o2)C1.O=Cc1cc(-c2ccc(F)s2)no1. The Morgan fingerprint density at radius 1 is 1.37 bits per heavy atom. The average molecular weight is 394 g/mol. The fourth-order valence-corrected chi connectivity index (χ4v) is 3.42. The summed E-state index contributed by atoms with van der Waals surface area (Å²) in [6, 6.07) is 5.06. The van der Waals surface area contributed by atoms with Crippen LogP contribution in [0.2, 0.25) is 0 Å². The predicted molar refractivity (Wildman–Crippen MR) is 94.7 cm³/mol. The number of aliphatic hydroxyl groups is 1. The largest absolute Gasteiger partial charge is 0.423 e. The Balaban J connectivity index is 0.000000156. The van der Waals surface area contributed by atoms with Gasteiger partial charge in [-0.3, -0.25) is 4.79 Å². The zero-order valence-electron chi connectivity index (χ0n) is 14.6. The van der Waals surface area contributed by atoms with Crippen molar-refractivity contribution in [1.82, 2.24) is 20.7 Å². The third-order valence-corrected chi connectivity index (χ3v) is 5.12. The summed E-state index contributed by atoms with van der Waals surface area (Å²) >= 11 is 0.960. The molecular weight excluding hydrogens is 375 g/mol. The van der Waals surface area contributed by atoms with Crippen LogP contribution in [0, 0.1) is 11.0 Å². The first kappa shape index (κ1) is 19.3. The third kappa shape index (κ3) is 5.06. The van der Waals surface area contributed by atoms with E-state index in [4.69, 9.17) is 9.52 Å². The number of rotatable bonds is 6. The van der Waals surface area contributed by atoms with Gasteiger partial charge in [0.2, 0.25) is 11.8 Å². The van der Waals surface area contributed by atoms with Gasteiger partial charge >= 0.3 is 0 Å². The first-order valence-electron chi connectivity index (χ1n) is 8.38. The van der Waals surface area contributed by atoms with Gasteiger partial charge in [0, 0.05) is 18.5 Å². The highest BCUT2D eigenvalue weighted by atomic mass is 32.1. The first-order chi connectivity index (χ1) is 13.1. The van der Waals surface area contributed by atoms with E-state index in [9.17, 15) is 9.18 Å². The molecule has 144 valence electrons. The molecule has 0 saturated heterocycles. The number of hydrogen-bond donors (Lipinski definition) is 2. The number of nitrogens with one attached hydrogen (secondary N) is 1. The van der Waals surface area contributed by atoms with E-state index >= 15 is 0 Å². The second-order valence-corrected chi connectivity index (χ2v) is 7.14. The number of carbonyl (C=O) groups is 1. The number of nitrogens with zero attached hydrogens (tertiary/aromatic N) is 3. The van der Waals surface area contributed by atoms with Crippen molar-refractivity contribution in [3.8, 4) is 10.6 Å². The van der Waals surface area contributed by atoms with E-state index in [1.54, 1.807) is 6.07 Å². The van der Waals surface area contributed by atoms with E-state index in [2.05, 4.69) is 25.2 Å². The van der Waals surface area contributed by atoms with Crippen molar-refractivity contribution in [1.29, 1.82) is 0 Å². The van der Waals surface area contributed by atoms with E-state index < -0.39 is 0 Å². The highest BCUT2D eigenvalue weighted by molar-refractivity contribution is 7.13. The number of hydrogen-bond acceptors (Lipinski definition) is 9. The van der Waals surface area contributed by atoms with Crippen LogP contribution < -0.4 is 5.32 Å². The van der Waals surface area contributed by atoms with Gasteiger partial charge in [0.05, 0.1) is 4.88 Å². The molecule has 0 radical (unpaired) electrons. The second-order valence-electron chi connectivity index (χ2n) is 6.11. The van der Waals surface area contributed by atoms with Gasteiger partial charge in [-0.25, -0.2) is 0 Å². The normalized spacial score (nSPS) is 18.5. The molecule has 10 heteroatoms. The molecule has 4 rings (SSSR count). The fourth-order valence-electron chi connectivity index (χ4n) is 2.73. The number of carbonyl (C=O) groups excluding carboxylic acids is 1. The molecule has 3 aromatic heterocycles. The maximum absolute atomic E-state index is 12.6. The van der Waals surface area contributed by atoms with Crippen molar-refractivity contribution in [2.45, 2.75) is 31.9 Å². The van der Waals surface area contributed by atoms with Gasteiger partial charge in [0.25, 0.3) is 0 Å². The van der Waals surface area contributed by atoms with Crippen LogP contribution >= 0.6 is 11.3 Å². The summed E-state index contributed by atoms with van der Waals surface area (Å²) in [7, 11) is 1.98. The van der Waals surface area contributed by atoms with Crippen LogP contribution in [0.1, 0.15) is 35.2 Å². The highest BCUT2D eigenvalue weighted by Gasteiger charge is 2.29. The zero-order chi connectivity index (χ0) is 19.2. The number of aromatic nitrogens is 3. The van der Waals surface area contributed by atoms with E-state index in [1.807, 2.05) is 7.05 Å². The van der Waals surface area contributed by atoms with Crippen LogP contribution in [0.4, 0.5) is 4.39 Å². The van der Waals surface area contributed by atoms with Crippen LogP contribution in [0.5, 0.6) is 0 Å². The highest BCUT2D eigenvalue weighted by Crippen LogP contribution is 2.30. The molecule has 8 nitrogen and oxygen atoms in total. The van der Waals surface area contributed by atoms with Crippen molar-refractivity contribution in [2.24, 2.45) is 5.92 Å². The molecular formula is C17H19FN4O4S. The van der Waals surface area contributed by atoms with Crippen molar-refractivity contribution in [3.05, 3.63) is 40.9 Å². The quantitative estimate of drug-likeness (QED) is 0.613. The molecule has 0 bridgehead atoms. The maximum atomic E-state index is 12.6. The Hall–Kier alpha value is -2.43. The number of aldehydes is 1. The number of halogens is 1. The summed E-state index contributed by atoms with van der Waals surface area (Å²) in [5.41, 5.74) is 0.482. The minimum Gasteiger partial charge on any atom is -0.423 e. The Labute approximate surface area is 158 Å². The summed E-state index contributed by atoms with van der Waals surface area (Å²) < 4.78 is 22.5. The third-order valence-electron chi connectivity index (χ3n) is 4.22. The molecule has 1 aliphatic carbocycles. The van der Waals surface area contributed by atoms with Gasteiger partial charge in [0.15, 0.2) is 17.2 Å². The van der Waals surface area contributed by atoms with Crippen molar-refractivity contribution in [2.75, 3.05) is 7.05 Å². The molecule has 0 unspecified atom stereocenters. The lowest BCUT2D eigenvalue weighted by atomic mass is 9.78. The lowest BCUT2D eigenvalue weighted by Gasteiger charge is -2.34. The Morgan fingerprint density at radius 3 is 2.70 bits per heavy atom. The number of thiophene rings is 1. The van der Waals surface area contributed by atoms with Crippen LogP contribution in [-0.2, 0) is 13.0 Å². The van der Waals surface area contributed by atoms with Gasteiger partial charge in [-0.15, -0.1) is 21.5 Å². The predicted octanol–water partition coefficient (Wildman–Crippen LogP) is 2.46. The molecule has 0 atom stereocenters. The molecule has 1 saturated carbocycles. The van der Waals surface area contributed by atoms with Gasteiger partial charge in [-0.2, -0.15) is 4.39 Å². The summed E-state index contributed by atoms with van der Waals surface area (Å²) in [6.07, 6.45) is 3.74. The van der Waals surface area contributed by atoms with Crippen LogP contribution in [-0.4, -0.2) is 39.8 Å². The van der Waals surface area contributed by atoms with Gasteiger partial charge in [-0.1, -0.05) is 5.16 Å². The molecule has 27 heavy (non-hydrogen) atoms. The summed E-state index contributed by atoms with van der Waals surface area (Å²) in [5, 5.41) is 22.8. The van der Waals surface area contributed by atoms with Crippen molar-refractivity contribution < 1.29 is 23.2 Å². The fraction of sp³-hybridized carbons (Fsp3) is 0.412. The van der Waals surface area contributed by atoms with Crippen LogP contribution in [0.3, 0.4) is 0 Å². The molecule has 0 spiro atoms. The van der Waals surface area contributed by atoms with E-state index in [0.717, 1.165) is 17.8 Å². The monoisotopic (exact) mass is 394 g/mol. The maximum Gasteiger partial charge on any atom is 0.241 e. The van der Waals surface area contributed by atoms with Gasteiger partial charge in [-0.05, 0) is 37.9 Å². The summed E-state index contributed by atoms with van der Waals surface area (Å²) in [4.78, 5) is 10.9. The molecule has 0 aliphatic heterocycles. The van der Waals surface area contributed by atoms with Crippen LogP contribution in [0.15, 0.2) is 27.1 Å². The Kier molecular flexibility index (Phi) is 6.43. The van der Waals surface area contributed by atoms with E-state index in [-0.39, 0.29) is 17.5 Å². The van der Waals surface area contributed by atoms with Crippen molar-refractivity contribution >= 4 is 17.6 Å². The minimum atomic E-state index is -0.286. The minimum absolute atomic E-state index is 0.142. The molecule has 3 heterocycles. The Bertz CT molecular complexity index is 872. The van der Waals surface area contributed by atoms with E-state index in [0.29, 0.717) is 40.6 Å². The Morgan fingerprint density at radius 2 is 2.15 bits per heavy atom. The molecule has 1 aliphatic rings. The second kappa shape index (κ2) is 8.98. The van der Waals surface area contributed by atoms with E-state index in [1.165, 1.54) is 25.0 Å². The lowest BCUT2D eigenvalue weighted by Crippen LogP contribution is -2.39. The summed E-state index contributed by atoms with van der Waals surface area (Å²) in [6.45, 7) is -0.170. The van der Waals surface area contributed by atoms with Crippen LogP contribution in [0.25, 0.3) is 10.6 Å². The topological polar surface area (TPSA) is 114 Å². The smallest absolute Gasteiger partial charge is 0.241 e. The number of aliphatic hydroxyl groups excluding tert-OH is 1. The molecule has 0 aromatic carbocycles. The average Bonchev–Trinajstić information content (AvgIpc) is 3.38. The lowest BCUT2D eigenvalue weighted by molar-refractivity contribution is 0.109. The molecule has 1 fully saturated rings. The van der Waals surface area contributed by atoms with Crippen molar-refractivity contribution in [3.63, 3.8) is 0 Å². The standard InChI is InChI=1S/C9H15N3O2.C8H4FNO2S/c1-10-7-2-6(3-7)4-8-11-12-9(5-13)14-8;9-8-2-1-7(13-8)6-3-5(4-11)12-10-6/h6-7,10,13H,2-5H2,1H3;1-4H. The zero-order valence-corrected chi connectivity index (χ0v) is 15.4. The van der Waals surface area contributed by atoms with Gasteiger partial charge in [0.1, 0.15) is 12.3 Å². The summed E-state index contributed by atoms with van der Waals surface area (Å²) in [5.74, 6) is 1.75. The first-order valence-corrected chi connectivity index (χ1v) is 9.20. The van der Waals surface area contributed by atoms with Gasteiger partial charge < -0.3 is 19.4 Å². The molecule has 0 amide bonds. The molecule has 2 N–H and O–H groups in total. The molecule has 3 aromatic rings.